The van der Waals surface area contributed by atoms with Crippen molar-refractivity contribution in [2.45, 2.75) is 396 Å². The van der Waals surface area contributed by atoms with Crippen molar-refractivity contribution in [3.8, 4) is 0 Å². The molecule has 24 bridgehead atoms. The van der Waals surface area contributed by atoms with E-state index in [1.54, 1.807) is 0 Å². The lowest BCUT2D eigenvalue weighted by Gasteiger charge is -2.47. The molecule has 25 nitrogen and oxygen atoms in total. The van der Waals surface area contributed by atoms with Crippen LogP contribution in [-0.2, 0) is 95.5 Å². The molecular weight excluding hydrogens is 1410 g/mol. The van der Waals surface area contributed by atoms with Crippen LogP contribution in [0, 0.1) is 35.5 Å². The van der Waals surface area contributed by atoms with Crippen molar-refractivity contribution >= 4 is 21.7 Å². The summed E-state index contributed by atoms with van der Waals surface area (Å²) in [6, 6.07) is 0. The van der Waals surface area contributed by atoms with Crippen LogP contribution in [0.2, 0.25) is 0 Å². The zero-order chi connectivity index (χ0) is 75.8. The van der Waals surface area contributed by atoms with Crippen LogP contribution >= 0.6 is 0 Å². The van der Waals surface area contributed by atoms with Crippen molar-refractivity contribution in [1.29, 1.82) is 0 Å². The Labute approximate surface area is 637 Å². The molecule has 20 aliphatic rings. The number of aliphatic hydroxyl groups is 2. The molecule has 0 aliphatic carbocycles. The molecule has 20 aliphatic heterocycles. The Hall–Kier alpha value is -2.59. The smallest absolute Gasteiger partial charge is 0.261 e. The summed E-state index contributed by atoms with van der Waals surface area (Å²) >= 11 is 0. The first-order chi connectivity index (χ1) is 51.5. The number of hydrogen-bond acceptors (Lipinski definition) is 24. The van der Waals surface area contributed by atoms with Gasteiger partial charge in [-0.15, -0.1) is 0 Å². The average molecular weight is 1540 g/mol. The fraction of sp³-hybridized carbons (Fsp3) is 0.878. The second-order valence-electron chi connectivity index (χ2n) is 36.6. The van der Waals surface area contributed by atoms with Gasteiger partial charge in [-0.05, 0) is 155 Å². The summed E-state index contributed by atoms with van der Waals surface area (Å²) in [5, 5.41) is 21.0. The van der Waals surface area contributed by atoms with E-state index in [1.165, 1.54) is 0 Å². The van der Waals surface area contributed by atoms with Gasteiger partial charge in [0, 0.05) is 90.1 Å². The maximum Gasteiger partial charge on any atom is 0.261 e. The predicted octanol–water partition coefficient (Wildman–Crippen LogP) is 8.01. The topological polar surface area (TPSA) is 329 Å². The molecule has 108 heavy (non-hydrogen) atoms. The third kappa shape index (κ3) is 16.1. The summed E-state index contributed by atoms with van der Waals surface area (Å²) in [6.45, 7) is 29.1. The Morgan fingerprint density at radius 1 is 0.444 bits per heavy atom. The molecule has 8 unspecified atom stereocenters. The van der Waals surface area contributed by atoms with Gasteiger partial charge in [-0.25, -0.2) is 0 Å². The van der Waals surface area contributed by atoms with Gasteiger partial charge < -0.3 is 97.5 Å². The second-order valence-corrected chi connectivity index (χ2v) is 38.1. The molecule has 26 heteroatoms. The first-order valence-corrected chi connectivity index (χ1v) is 43.4. The number of carbonyl (C=O) groups is 2. The van der Waals surface area contributed by atoms with Crippen LogP contribution in [-0.4, -0.2) is 248 Å². The zero-order valence-electron chi connectivity index (χ0n) is 64.4. The van der Waals surface area contributed by atoms with E-state index < -0.39 is 39.5 Å². The molecule has 0 saturated carbocycles. The van der Waals surface area contributed by atoms with E-state index in [9.17, 15) is 28.2 Å². The standard InChI is InChI=1S/C41H61NO10.C40H59NO10.CH4O3S/c1-20-12-26-6-8-30-21(2)13-28(45-30)10-11-41-19-40(5)39(52-41)38-37(50-40)36(51-41)35-31(49-38)9-7-27(47-35)14-24(43)15-29-23(4)32(16-25(44)18-42)48-34(29)17-33(46-26)22(20)3;1-19-11-25-5-7-29-20(2)12-27(44-29)9-10-40-17-34-36(50-40)37-38(49-34)39(51-40)35-30(48-37)8-6-26(46-35)13-23(42)14-28-22(4)31(15-24(43)18-41)47-33(28)16-32(45-25)21(19)3;1-5(2,3)4/h20,23,25-39,44H,2-3,6-19,42H2,1,4-5H3;19,22,24-39,43H,2-3,5-18,41H2,1,4H3;1H3,(H,2,3,4)/t20-,23-,25+,26+,27?,28+,29-,30?,31+,32-,33?,34+,35+,36+,37+,38-,39-,40-,41?;19-,22-,24+,25+,26?,27+,28-,29?,30+,31-,32?,33+,34-,35+,36+,37+,38-,39+,40?;/m11./s1. The maximum absolute atomic E-state index is 14.0. The highest BCUT2D eigenvalue weighted by Crippen LogP contribution is 2.60. The molecule has 0 amide bonds. The van der Waals surface area contributed by atoms with Gasteiger partial charge in [0.2, 0.25) is 0 Å². The van der Waals surface area contributed by atoms with Gasteiger partial charge in [-0.2, -0.15) is 8.42 Å². The third-order valence-corrected chi connectivity index (χ3v) is 28.7. The van der Waals surface area contributed by atoms with Gasteiger partial charge in [-0.3, -0.25) is 14.1 Å². The largest absolute Gasteiger partial charge is 0.392 e. The number of fused-ring (bicyclic) bond motifs is 12. The highest BCUT2D eigenvalue weighted by molar-refractivity contribution is 7.85. The Kier molecular flexibility index (Phi) is 23.1. The summed E-state index contributed by atoms with van der Waals surface area (Å²) in [4.78, 5) is 28.0. The molecular formula is C82H124N2O23S. The lowest BCUT2D eigenvalue weighted by atomic mass is 9.78. The van der Waals surface area contributed by atoms with E-state index in [-0.39, 0.29) is 213 Å². The van der Waals surface area contributed by atoms with Crippen LogP contribution in [0.1, 0.15) is 202 Å². The fourth-order valence-electron chi connectivity index (χ4n) is 23.0. The molecule has 0 aromatic carbocycles. The van der Waals surface area contributed by atoms with E-state index in [4.69, 9.17) is 91.8 Å². The molecule has 0 aromatic rings. The van der Waals surface area contributed by atoms with E-state index in [0.29, 0.717) is 95.1 Å². The Morgan fingerprint density at radius 2 is 0.861 bits per heavy atom. The van der Waals surface area contributed by atoms with Crippen molar-refractivity contribution in [1.82, 2.24) is 0 Å². The highest BCUT2D eigenvalue weighted by atomic mass is 32.2. The molecule has 606 valence electrons. The van der Waals surface area contributed by atoms with E-state index in [0.717, 1.165) is 112 Å². The molecule has 20 rings (SSSR count). The zero-order valence-corrected chi connectivity index (χ0v) is 65.2. The molecule has 20 fully saturated rings. The van der Waals surface area contributed by atoms with Crippen LogP contribution in [0.25, 0.3) is 0 Å². The predicted molar refractivity (Wildman–Crippen MR) is 391 cm³/mol. The molecule has 7 N–H and O–H groups in total. The first-order valence-electron chi connectivity index (χ1n) is 41.5. The quantitative estimate of drug-likeness (QED) is 0.124. The summed E-state index contributed by atoms with van der Waals surface area (Å²) in [5.41, 5.74) is 15.6. The number of Topliss-reactive ketones (excluding diaryl/α,β-unsaturated/α-hetero) is 2. The lowest BCUT2D eigenvalue weighted by Crippen LogP contribution is -2.61. The van der Waals surface area contributed by atoms with Gasteiger partial charge >= 0.3 is 0 Å². The maximum atomic E-state index is 14.0. The third-order valence-electron chi connectivity index (χ3n) is 28.7. The van der Waals surface area contributed by atoms with Crippen LogP contribution in [0.3, 0.4) is 0 Å². The Bertz CT molecular complexity index is 3430. The summed E-state index contributed by atoms with van der Waals surface area (Å²) in [5.74, 6) is -0.494. The monoisotopic (exact) mass is 1540 g/mol. The van der Waals surface area contributed by atoms with E-state index in [2.05, 4.69) is 60.9 Å². The molecule has 20 saturated heterocycles. The summed E-state index contributed by atoms with van der Waals surface area (Å²) < 4.78 is 134. The number of rotatable bonds is 6. The van der Waals surface area contributed by atoms with E-state index >= 15 is 0 Å². The van der Waals surface area contributed by atoms with Crippen molar-refractivity contribution in [2.75, 3.05) is 19.3 Å². The molecule has 38 atom stereocenters. The average Bonchev–Trinajstić information content (AvgIpc) is 1.54. The minimum atomic E-state index is -3.67. The van der Waals surface area contributed by atoms with Crippen LogP contribution < -0.4 is 11.5 Å². The van der Waals surface area contributed by atoms with Crippen LogP contribution in [0.5, 0.6) is 0 Å². The normalized spacial score (nSPS) is 51.6. The molecule has 0 radical (unpaired) electrons. The Morgan fingerprint density at radius 3 is 1.37 bits per heavy atom. The fourth-order valence-corrected chi connectivity index (χ4v) is 23.0. The number of ether oxygens (including phenoxy) is 16. The van der Waals surface area contributed by atoms with Gasteiger partial charge in [0.15, 0.2) is 11.6 Å². The van der Waals surface area contributed by atoms with Gasteiger partial charge in [-0.1, -0.05) is 54.0 Å². The number of ketones is 2. The number of hydrogen-bond donors (Lipinski definition) is 5. The first kappa shape index (κ1) is 79.3. The minimum Gasteiger partial charge on any atom is -0.392 e. The van der Waals surface area contributed by atoms with Crippen molar-refractivity contribution < 1.29 is 109 Å². The lowest BCUT2D eigenvalue weighted by molar-refractivity contribution is -0.294. The summed E-state index contributed by atoms with van der Waals surface area (Å²) in [6.07, 6.45) is 13.3. The Balaban J connectivity index is 0.000000155. The summed E-state index contributed by atoms with van der Waals surface area (Å²) in [7, 11) is -3.67. The molecule has 0 aromatic heterocycles. The van der Waals surface area contributed by atoms with Gasteiger partial charge in [0.05, 0.1) is 122 Å². The van der Waals surface area contributed by atoms with Crippen molar-refractivity contribution in [2.24, 2.45) is 47.0 Å². The molecule has 20 heterocycles. The van der Waals surface area contributed by atoms with Crippen molar-refractivity contribution in [3.05, 3.63) is 48.6 Å². The van der Waals surface area contributed by atoms with Gasteiger partial charge in [0.25, 0.3) is 10.1 Å². The van der Waals surface area contributed by atoms with Crippen LogP contribution in [0.4, 0.5) is 0 Å². The molecule has 2 spiro atoms. The number of aliphatic hydroxyl groups excluding tert-OH is 2. The van der Waals surface area contributed by atoms with Crippen molar-refractivity contribution in [3.63, 3.8) is 0 Å². The van der Waals surface area contributed by atoms with Crippen LogP contribution in [0.15, 0.2) is 48.6 Å². The number of carbonyl (C=O) groups excluding carboxylic acids is 2. The van der Waals surface area contributed by atoms with E-state index in [1.807, 2.05) is 0 Å². The second kappa shape index (κ2) is 31.5. The minimum absolute atomic E-state index is 0.00127. The number of nitrogens with two attached hydrogens (primary N) is 2. The highest BCUT2D eigenvalue weighted by Gasteiger charge is 2.74. The SMILES string of the molecule is C=C1C[C@@H]2CCC34C[C@@]5(C)O[C@H]6[C@@H](O3)[C@H]3OC(CC[C@@H]3O[C@H]6[C@H]5O4)CC(=O)C[C@@H]3[C@@H](C)[C@@H](C[C@H](O)CN)O[C@H]3CC3O[C@@H](CCC1O2)C[C@@H](C)C3=C.C=C1C[C@@H]2CCC34C[C@H]5O[C@H]6[C@@H](O3)[C@H]3OC(CC[C@@H]3O[C@H]6[C@H]5O4)CC(=O)C[C@@H]3[C@@H](C)[C@@H](C[C@H](O)CN)O[C@H]3CC3O[C@@H](CCC1O2)C[C@@H](C)C3=C.CS(=O)(=O)O. The van der Waals surface area contributed by atoms with Gasteiger partial charge in [0.1, 0.15) is 78.2 Å².